The van der Waals surface area contributed by atoms with E-state index in [-0.39, 0.29) is 0 Å². The summed E-state index contributed by atoms with van der Waals surface area (Å²) in [5.74, 6) is 0.692. The average Bonchev–Trinajstić information content (AvgIpc) is 3.76. The van der Waals surface area contributed by atoms with Crippen LogP contribution >= 0.6 is 0 Å². The van der Waals surface area contributed by atoms with Crippen molar-refractivity contribution >= 4 is 43.9 Å². The largest absolute Gasteiger partial charge is 0.456 e. The molecule has 0 aliphatic heterocycles. The Hall–Kier alpha value is -6.78. The third kappa shape index (κ3) is 4.85. The van der Waals surface area contributed by atoms with E-state index in [1.807, 2.05) is 54.6 Å². The number of nitrogens with zero attached hydrogens (tertiary/aromatic N) is 2. The summed E-state index contributed by atoms with van der Waals surface area (Å²) >= 11 is 0. The van der Waals surface area contributed by atoms with Gasteiger partial charge in [0.05, 0.1) is 11.4 Å². The molecule has 50 heavy (non-hydrogen) atoms. The predicted molar refractivity (Wildman–Crippen MR) is 204 cm³/mol. The van der Waals surface area contributed by atoms with Crippen molar-refractivity contribution in [3.63, 3.8) is 0 Å². The van der Waals surface area contributed by atoms with Crippen LogP contribution in [0.15, 0.2) is 179 Å². The fourth-order valence-electron chi connectivity index (χ4n) is 6.94. The Morgan fingerprint density at radius 3 is 1.18 bits per heavy atom. The molecule has 4 heteroatoms. The van der Waals surface area contributed by atoms with Gasteiger partial charge in [-0.1, -0.05) is 127 Å². The fourth-order valence-corrected chi connectivity index (χ4v) is 6.94. The summed E-state index contributed by atoms with van der Waals surface area (Å²) in [6, 6.07) is 58.6. The van der Waals surface area contributed by atoms with Crippen molar-refractivity contribution in [2.24, 2.45) is 0 Å². The van der Waals surface area contributed by atoms with Gasteiger partial charge in [0.25, 0.3) is 0 Å². The van der Waals surface area contributed by atoms with E-state index in [2.05, 4.69) is 115 Å². The quantitative estimate of drug-likeness (QED) is 0.188. The highest BCUT2D eigenvalue weighted by Gasteiger charge is 2.13. The molecule has 0 saturated carbocycles. The standard InChI is InChI=1S/C46H28N2O2/c1-2-8-33(9-3-1)46-47-40(31-18-14-29(15-19-31)34-22-24-38-36-10-4-6-12-42(36)49-44(38)26-34)28-41(48-46)32-20-16-30(17-21-32)35-23-25-39-37-11-5-7-13-43(37)50-45(39)27-35/h1-28H. The zero-order valence-corrected chi connectivity index (χ0v) is 26.9. The molecule has 10 rings (SSSR count). The van der Waals surface area contributed by atoms with Crippen LogP contribution in [0.2, 0.25) is 0 Å². The molecule has 0 radical (unpaired) electrons. The summed E-state index contributed by atoms with van der Waals surface area (Å²) in [6.07, 6.45) is 0. The number of benzene rings is 7. The number of rotatable bonds is 5. The Kier molecular flexibility index (Phi) is 6.46. The van der Waals surface area contributed by atoms with Crippen molar-refractivity contribution < 1.29 is 8.83 Å². The molecule has 4 nitrogen and oxygen atoms in total. The number of para-hydroxylation sites is 2. The Balaban J connectivity index is 0.999. The van der Waals surface area contributed by atoms with E-state index >= 15 is 0 Å². The summed E-state index contributed by atoms with van der Waals surface area (Å²) in [5, 5.41) is 4.53. The first kappa shape index (κ1) is 28.3. The Bertz CT molecular complexity index is 2670. The maximum absolute atomic E-state index is 6.16. The van der Waals surface area contributed by atoms with Crippen LogP contribution in [0.25, 0.3) is 100 Å². The Labute approximate surface area is 287 Å². The van der Waals surface area contributed by atoms with E-state index in [9.17, 15) is 0 Å². The highest BCUT2D eigenvalue weighted by atomic mass is 16.3. The molecule has 3 aromatic heterocycles. The van der Waals surface area contributed by atoms with Crippen LogP contribution in [0.3, 0.4) is 0 Å². The van der Waals surface area contributed by atoms with Crippen LogP contribution in [0.5, 0.6) is 0 Å². The molecule has 0 fully saturated rings. The number of hydrogen-bond acceptors (Lipinski definition) is 4. The molecule has 7 aromatic carbocycles. The highest BCUT2D eigenvalue weighted by molar-refractivity contribution is 6.06. The van der Waals surface area contributed by atoms with Gasteiger partial charge in [-0.3, -0.25) is 0 Å². The second-order valence-electron chi connectivity index (χ2n) is 12.6. The predicted octanol–water partition coefficient (Wildman–Crippen LogP) is 12.6. The molecule has 0 aliphatic carbocycles. The van der Waals surface area contributed by atoms with Crippen molar-refractivity contribution in [2.45, 2.75) is 0 Å². The smallest absolute Gasteiger partial charge is 0.160 e. The van der Waals surface area contributed by atoms with Gasteiger partial charge in [-0.2, -0.15) is 0 Å². The van der Waals surface area contributed by atoms with Gasteiger partial charge in [-0.05, 0) is 64.7 Å². The number of aromatic nitrogens is 2. The van der Waals surface area contributed by atoms with E-state index in [0.29, 0.717) is 5.82 Å². The molecule has 0 saturated heterocycles. The van der Waals surface area contributed by atoms with Crippen LogP contribution in [-0.4, -0.2) is 9.97 Å². The maximum Gasteiger partial charge on any atom is 0.160 e. The molecule has 0 amide bonds. The van der Waals surface area contributed by atoms with Crippen LogP contribution in [0.1, 0.15) is 0 Å². The molecule has 0 spiro atoms. The molecule has 3 heterocycles. The minimum absolute atomic E-state index is 0.692. The molecule has 0 bridgehead atoms. The fraction of sp³-hybridized carbons (Fsp3) is 0. The van der Waals surface area contributed by atoms with Crippen molar-refractivity contribution in [3.8, 4) is 56.2 Å². The van der Waals surface area contributed by atoms with Gasteiger partial charge in [0.2, 0.25) is 0 Å². The lowest BCUT2D eigenvalue weighted by molar-refractivity contribution is 0.668. The first-order valence-electron chi connectivity index (χ1n) is 16.7. The topological polar surface area (TPSA) is 52.1 Å². The lowest BCUT2D eigenvalue weighted by Gasteiger charge is -2.11. The normalized spacial score (nSPS) is 11.6. The van der Waals surface area contributed by atoms with E-state index in [1.165, 1.54) is 0 Å². The zero-order chi connectivity index (χ0) is 33.0. The second-order valence-corrected chi connectivity index (χ2v) is 12.6. The second kappa shape index (κ2) is 11.4. The molecule has 10 aromatic rings. The molecule has 234 valence electrons. The van der Waals surface area contributed by atoms with Crippen LogP contribution in [-0.2, 0) is 0 Å². The number of fused-ring (bicyclic) bond motifs is 6. The van der Waals surface area contributed by atoms with E-state index < -0.39 is 0 Å². The van der Waals surface area contributed by atoms with Gasteiger partial charge in [0.1, 0.15) is 22.3 Å². The van der Waals surface area contributed by atoms with Crippen molar-refractivity contribution in [2.75, 3.05) is 0 Å². The van der Waals surface area contributed by atoms with E-state index in [1.54, 1.807) is 0 Å². The average molecular weight is 641 g/mol. The molecule has 0 atom stereocenters. The first-order valence-corrected chi connectivity index (χ1v) is 16.7. The lowest BCUT2D eigenvalue weighted by atomic mass is 9.99. The summed E-state index contributed by atoms with van der Waals surface area (Å²) < 4.78 is 12.3. The van der Waals surface area contributed by atoms with Gasteiger partial charge >= 0.3 is 0 Å². The summed E-state index contributed by atoms with van der Waals surface area (Å²) in [4.78, 5) is 10.1. The Morgan fingerprint density at radius 1 is 0.280 bits per heavy atom. The first-order chi connectivity index (χ1) is 24.7. The van der Waals surface area contributed by atoms with Crippen LogP contribution in [0, 0.1) is 0 Å². The third-order valence-electron chi connectivity index (χ3n) is 9.54. The lowest BCUT2D eigenvalue weighted by Crippen LogP contribution is -1.96. The van der Waals surface area contributed by atoms with Gasteiger partial charge in [-0.15, -0.1) is 0 Å². The van der Waals surface area contributed by atoms with Crippen molar-refractivity contribution in [1.29, 1.82) is 0 Å². The molecule has 0 unspecified atom stereocenters. The minimum atomic E-state index is 0.692. The number of hydrogen-bond donors (Lipinski definition) is 0. The van der Waals surface area contributed by atoms with Gasteiger partial charge in [0, 0.05) is 38.2 Å². The summed E-state index contributed by atoms with van der Waals surface area (Å²) in [6.45, 7) is 0. The highest BCUT2D eigenvalue weighted by Crippen LogP contribution is 2.35. The van der Waals surface area contributed by atoms with Crippen molar-refractivity contribution in [3.05, 3.63) is 170 Å². The molecular weight excluding hydrogens is 613 g/mol. The molecular formula is C46H28N2O2. The van der Waals surface area contributed by atoms with Gasteiger partial charge in [-0.25, -0.2) is 9.97 Å². The SMILES string of the molecule is c1ccc(-c2nc(-c3ccc(-c4ccc5c(c4)oc4ccccc45)cc3)cc(-c3ccc(-c4ccc5c(c4)oc4ccccc45)cc3)n2)cc1. The zero-order valence-electron chi connectivity index (χ0n) is 26.9. The Morgan fingerprint density at radius 2 is 0.680 bits per heavy atom. The van der Waals surface area contributed by atoms with Crippen LogP contribution < -0.4 is 0 Å². The van der Waals surface area contributed by atoms with E-state index in [0.717, 1.165) is 94.2 Å². The monoisotopic (exact) mass is 640 g/mol. The van der Waals surface area contributed by atoms with E-state index in [4.69, 9.17) is 18.8 Å². The summed E-state index contributed by atoms with van der Waals surface area (Å²) in [5.41, 5.74) is 12.8. The van der Waals surface area contributed by atoms with Gasteiger partial charge < -0.3 is 8.83 Å². The van der Waals surface area contributed by atoms with Crippen molar-refractivity contribution in [1.82, 2.24) is 9.97 Å². The molecule has 0 N–H and O–H groups in total. The van der Waals surface area contributed by atoms with Gasteiger partial charge in [0.15, 0.2) is 5.82 Å². The summed E-state index contributed by atoms with van der Waals surface area (Å²) in [7, 11) is 0. The third-order valence-corrected chi connectivity index (χ3v) is 9.54. The van der Waals surface area contributed by atoms with Crippen LogP contribution in [0.4, 0.5) is 0 Å². The molecule has 0 aliphatic rings. The maximum atomic E-state index is 6.16. The minimum Gasteiger partial charge on any atom is -0.456 e. The number of furan rings is 2.